The number of hydrogen-bond acceptors (Lipinski definition) is 4. The molecule has 0 aliphatic heterocycles. The molecule has 0 saturated carbocycles. The van der Waals surface area contributed by atoms with Gasteiger partial charge in [0.1, 0.15) is 4.90 Å². The van der Waals surface area contributed by atoms with Crippen molar-refractivity contribution >= 4 is 15.7 Å². The Morgan fingerprint density at radius 3 is 2.37 bits per heavy atom. The molecular formula is C13H23N3O2S. The van der Waals surface area contributed by atoms with Gasteiger partial charge >= 0.3 is 0 Å². The number of sulfonamides is 1. The highest BCUT2D eigenvalue weighted by Crippen LogP contribution is 2.25. The molecule has 6 heteroatoms. The van der Waals surface area contributed by atoms with Crippen molar-refractivity contribution in [3.63, 3.8) is 0 Å². The Bertz CT molecular complexity index is 500. The predicted molar refractivity (Wildman–Crippen MR) is 79.1 cm³/mol. The molecule has 0 saturated heterocycles. The highest BCUT2D eigenvalue weighted by Gasteiger charge is 2.22. The second kappa shape index (κ2) is 6.88. The Balaban J connectivity index is 3.03. The first-order valence-electron chi connectivity index (χ1n) is 6.28. The minimum atomic E-state index is -3.41. The van der Waals surface area contributed by atoms with Crippen LogP contribution >= 0.6 is 0 Å². The van der Waals surface area contributed by atoms with Crippen LogP contribution < -0.4 is 10.2 Å². The second-order valence-electron chi connectivity index (χ2n) is 4.63. The van der Waals surface area contributed by atoms with Crippen molar-refractivity contribution < 1.29 is 8.42 Å². The molecule has 1 aromatic rings. The first kappa shape index (κ1) is 15.9. The summed E-state index contributed by atoms with van der Waals surface area (Å²) in [5, 5.41) is 3.08. The molecule has 0 unspecified atom stereocenters. The van der Waals surface area contributed by atoms with E-state index >= 15 is 0 Å². The standard InChI is InChI=1S/C13H23N3O2S/c1-14-10-7-11-16(4)12-8-5-6-9-13(12)19(17,18)15(2)3/h5-6,8-9,14H,7,10-11H2,1-4H3. The smallest absolute Gasteiger partial charge is 0.244 e. The normalized spacial score (nSPS) is 11.8. The Labute approximate surface area is 116 Å². The van der Waals surface area contributed by atoms with E-state index in [2.05, 4.69) is 5.32 Å². The topological polar surface area (TPSA) is 52.7 Å². The molecule has 0 bridgehead atoms. The minimum absolute atomic E-state index is 0.354. The highest BCUT2D eigenvalue weighted by atomic mass is 32.2. The van der Waals surface area contributed by atoms with Crippen LogP contribution in [0.25, 0.3) is 0 Å². The van der Waals surface area contributed by atoms with Crippen molar-refractivity contribution in [1.82, 2.24) is 9.62 Å². The molecule has 108 valence electrons. The lowest BCUT2D eigenvalue weighted by atomic mass is 10.3. The van der Waals surface area contributed by atoms with Crippen LogP contribution in [0, 0.1) is 0 Å². The largest absolute Gasteiger partial charge is 0.373 e. The Kier molecular flexibility index (Phi) is 5.78. The summed E-state index contributed by atoms with van der Waals surface area (Å²) in [6, 6.07) is 7.11. The maximum absolute atomic E-state index is 12.3. The number of para-hydroxylation sites is 1. The van der Waals surface area contributed by atoms with Gasteiger partial charge in [-0.25, -0.2) is 12.7 Å². The summed E-state index contributed by atoms with van der Waals surface area (Å²) >= 11 is 0. The van der Waals surface area contributed by atoms with E-state index in [4.69, 9.17) is 0 Å². The number of nitrogens with zero attached hydrogens (tertiary/aromatic N) is 2. The molecule has 5 nitrogen and oxygen atoms in total. The average Bonchev–Trinajstić information content (AvgIpc) is 2.38. The van der Waals surface area contributed by atoms with Crippen molar-refractivity contribution in [1.29, 1.82) is 0 Å². The van der Waals surface area contributed by atoms with Crippen LogP contribution in [0.4, 0.5) is 5.69 Å². The Morgan fingerprint density at radius 2 is 1.79 bits per heavy atom. The average molecular weight is 285 g/mol. The fraction of sp³-hybridized carbons (Fsp3) is 0.538. The molecular weight excluding hydrogens is 262 g/mol. The molecule has 0 amide bonds. The zero-order valence-electron chi connectivity index (χ0n) is 12.0. The lowest BCUT2D eigenvalue weighted by molar-refractivity contribution is 0.520. The number of nitrogens with one attached hydrogen (secondary N) is 1. The van der Waals surface area contributed by atoms with Crippen molar-refractivity contribution in [3.8, 4) is 0 Å². The summed E-state index contributed by atoms with van der Waals surface area (Å²) < 4.78 is 25.8. The molecule has 1 rings (SSSR count). The van der Waals surface area contributed by atoms with Crippen molar-refractivity contribution in [2.75, 3.05) is 46.2 Å². The number of rotatable bonds is 7. The number of hydrogen-bond donors (Lipinski definition) is 1. The molecule has 0 aliphatic carbocycles. The van der Waals surface area contributed by atoms with E-state index < -0.39 is 10.0 Å². The SMILES string of the molecule is CNCCCN(C)c1ccccc1S(=O)(=O)N(C)C. The first-order valence-corrected chi connectivity index (χ1v) is 7.72. The van der Waals surface area contributed by atoms with E-state index in [1.165, 1.54) is 4.31 Å². The van der Waals surface area contributed by atoms with E-state index in [9.17, 15) is 8.42 Å². The van der Waals surface area contributed by atoms with Crippen molar-refractivity contribution in [2.45, 2.75) is 11.3 Å². The summed E-state index contributed by atoms with van der Waals surface area (Å²) in [6.07, 6.45) is 0.962. The van der Waals surface area contributed by atoms with Gasteiger partial charge in [0.15, 0.2) is 0 Å². The summed E-state index contributed by atoms with van der Waals surface area (Å²) in [6.45, 7) is 1.72. The summed E-state index contributed by atoms with van der Waals surface area (Å²) in [5.41, 5.74) is 0.743. The van der Waals surface area contributed by atoms with Gasteiger partial charge in [-0.2, -0.15) is 0 Å². The van der Waals surface area contributed by atoms with E-state index in [0.717, 1.165) is 25.2 Å². The van der Waals surface area contributed by atoms with E-state index in [1.54, 1.807) is 26.2 Å². The second-order valence-corrected chi connectivity index (χ2v) is 6.75. The maximum atomic E-state index is 12.3. The van der Waals surface area contributed by atoms with Crippen LogP contribution in [-0.4, -0.2) is 54.0 Å². The van der Waals surface area contributed by atoms with Crippen molar-refractivity contribution in [2.24, 2.45) is 0 Å². The van der Waals surface area contributed by atoms with Gasteiger partial charge in [-0.05, 0) is 32.1 Å². The highest BCUT2D eigenvalue weighted by molar-refractivity contribution is 7.89. The third-order valence-corrected chi connectivity index (χ3v) is 4.82. The molecule has 0 aliphatic rings. The molecule has 0 radical (unpaired) electrons. The van der Waals surface area contributed by atoms with E-state index in [1.807, 2.05) is 31.1 Å². The van der Waals surface area contributed by atoms with Crippen LogP contribution in [0.1, 0.15) is 6.42 Å². The van der Waals surface area contributed by atoms with Crippen LogP contribution in [0.2, 0.25) is 0 Å². The van der Waals surface area contributed by atoms with Gasteiger partial charge in [-0.1, -0.05) is 12.1 Å². The lowest BCUT2D eigenvalue weighted by Gasteiger charge is -2.23. The molecule has 1 N–H and O–H groups in total. The molecule has 0 atom stereocenters. The van der Waals surface area contributed by atoms with Crippen molar-refractivity contribution in [3.05, 3.63) is 24.3 Å². The zero-order valence-corrected chi connectivity index (χ0v) is 12.9. The molecule has 19 heavy (non-hydrogen) atoms. The fourth-order valence-electron chi connectivity index (χ4n) is 1.80. The minimum Gasteiger partial charge on any atom is -0.373 e. The van der Waals surface area contributed by atoms with E-state index in [0.29, 0.717) is 4.90 Å². The third kappa shape index (κ3) is 3.92. The predicted octanol–water partition coefficient (Wildman–Crippen LogP) is 0.983. The van der Waals surface area contributed by atoms with Crippen LogP contribution in [-0.2, 0) is 10.0 Å². The van der Waals surface area contributed by atoms with E-state index in [-0.39, 0.29) is 0 Å². The third-order valence-electron chi connectivity index (χ3n) is 2.96. The van der Waals surface area contributed by atoms with Gasteiger partial charge in [0.05, 0.1) is 5.69 Å². The summed E-state index contributed by atoms with van der Waals surface area (Å²) in [4.78, 5) is 2.33. The number of anilines is 1. The lowest BCUT2D eigenvalue weighted by Crippen LogP contribution is -2.27. The van der Waals surface area contributed by atoms with Crippen LogP contribution in [0.5, 0.6) is 0 Å². The van der Waals surface area contributed by atoms with Gasteiger partial charge in [0, 0.05) is 27.7 Å². The first-order chi connectivity index (χ1) is 8.91. The summed E-state index contributed by atoms with van der Waals surface area (Å²) in [7, 11) is 3.51. The van der Waals surface area contributed by atoms with Crippen LogP contribution in [0.3, 0.4) is 0 Å². The molecule has 1 aromatic carbocycles. The zero-order chi connectivity index (χ0) is 14.5. The van der Waals surface area contributed by atoms with Gasteiger partial charge in [-0.15, -0.1) is 0 Å². The molecule has 0 aromatic heterocycles. The van der Waals surface area contributed by atoms with Gasteiger partial charge in [-0.3, -0.25) is 0 Å². The van der Waals surface area contributed by atoms with Gasteiger partial charge in [0.25, 0.3) is 0 Å². The molecule has 0 heterocycles. The monoisotopic (exact) mass is 285 g/mol. The molecule has 0 fully saturated rings. The summed E-state index contributed by atoms with van der Waals surface area (Å²) in [5.74, 6) is 0. The fourth-order valence-corrected chi connectivity index (χ4v) is 2.93. The van der Waals surface area contributed by atoms with Gasteiger partial charge in [0.2, 0.25) is 10.0 Å². The number of benzene rings is 1. The van der Waals surface area contributed by atoms with Crippen LogP contribution in [0.15, 0.2) is 29.2 Å². The van der Waals surface area contributed by atoms with Gasteiger partial charge < -0.3 is 10.2 Å². The Hall–Kier alpha value is -1.11. The quantitative estimate of drug-likeness (QED) is 0.759. The molecule has 0 spiro atoms. The Morgan fingerprint density at radius 1 is 1.16 bits per heavy atom. The maximum Gasteiger partial charge on any atom is 0.244 e.